The Morgan fingerprint density at radius 1 is 1.47 bits per heavy atom. The Kier molecular flexibility index (Phi) is 2.88. The first-order valence-electron chi connectivity index (χ1n) is 5.89. The smallest absolute Gasteiger partial charge is 0.272 e. The van der Waals surface area contributed by atoms with Crippen LogP contribution in [0.4, 0.5) is 0 Å². The molecule has 0 aliphatic carbocycles. The predicted molar refractivity (Wildman–Crippen MR) is 67.7 cm³/mol. The summed E-state index contributed by atoms with van der Waals surface area (Å²) in [5, 5.41) is 3.35. The molecule has 2 saturated heterocycles. The number of pyridine rings is 1. The van der Waals surface area contributed by atoms with Crippen molar-refractivity contribution in [2.75, 3.05) is 19.6 Å². The molecular weight excluding hydrogens is 282 g/mol. The van der Waals surface area contributed by atoms with Gasteiger partial charge in [0.05, 0.1) is 0 Å². The summed E-state index contributed by atoms with van der Waals surface area (Å²) in [4.78, 5) is 18.5. The minimum Gasteiger partial charge on any atom is -0.333 e. The van der Waals surface area contributed by atoms with Gasteiger partial charge in [-0.15, -0.1) is 0 Å². The van der Waals surface area contributed by atoms with Crippen LogP contribution in [0.15, 0.2) is 22.8 Å². The van der Waals surface area contributed by atoms with Crippen LogP contribution in [0.2, 0.25) is 0 Å². The molecule has 3 rings (SSSR count). The maximum atomic E-state index is 12.3. The standard InChI is InChI=1S/C12H14BrN3O/c13-9-1-2-10(15-6-9)12(17)16-4-3-8-5-14-7-11(8)16/h1-2,6,8,11,14H,3-5,7H2/t8-,11+/m0/s1. The lowest BCUT2D eigenvalue weighted by Gasteiger charge is -2.22. The Balaban J connectivity index is 1.80. The topological polar surface area (TPSA) is 45.2 Å². The van der Waals surface area contributed by atoms with Gasteiger partial charge in [-0.1, -0.05) is 0 Å². The van der Waals surface area contributed by atoms with E-state index in [4.69, 9.17) is 0 Å². The number of hydrogen-bond acceptors (Lipinski definition) is 3. The van der Waals surface area contributed by atoms with Gasteiger partial charge in [0.2, 0.25) is 0 Å². The number of fused-ring (bicyclic) bond motifs is 1. The highest BCUT2D eigenvalue weighted by molar-refractivity contribution is 9.10. The summed E-state index contributed by atoms with van der Waals surface area (Å²) in [6.07, 6.45) is 2.79. The van der Waals surface area contributed by atoms with Crippen molar-refractivity contribution >= 4 is 21.8 Å². The molecule has 17 heavy (non-hydrogen) atoms. The number of rotatable bonds is 1. The van der Waals surface area contributed by atoms with E-state index in [1.807, 2.05) is 11.0 Å². The van der Waals surface area contributed by atoms with Gasteiger partial charge in [0.15, 0.2) is 0 Å². The fourth-order valence-corrected chi connectivity index (χ4v) is 2.99. The number of nitrogens with zero attached hydrogens (tertiary/aromatic N) is 2. The summed E-state index contributed by atoms with van der Waals surface area (Å²) in [6.45, 7) is 2.84. The Morgan fingerprint density at radius 3 is 3.12 bits per heavy atom. The lowest BCUT2D eigenvalue weighted by molar-refractivity contribution is 0.0731. The lowest BCUT2D eigenvalue weighted by atomic mass is 10.1. The highest BCUT2D eigenvalue weighted by Gasteiger charge is 2.40. The second kappa shape index (κ2) is 4.38. The summed E-state index contributed by atoms with van der Waals surface area (Å²) in [5.74, 6) is 0.697. The summed E-state index contributed by atoms with van der Waals surface area (Å²) in [5.41, 5.74) is 0.542. The molecule has 4 nitrogen and oxygen atoms in total. The van der Waals surface area contributed by atoms with Gasteiger partial charge in [-0.2, -0.15) is 0 Å². The number of aromatic nitrogens is 1. The van der Waals surface area contributed by atoms with Crippen molar-refractivity contribution in [3.8, 4) is 0 Å². The quantitative estimate of drug-likeness (QED) is 0.849. The minimum atomic E-state index is 0.0636. The number of amides is 1. The number of carbonyl (C=O) groups is 1. The molecule has 5 heteroatoms. The van der Waals surface area contributed by atoms with E-state index >= 15 is 0 Å². The number of nitrogens with one attached hydrogen (secondary N) is 1. The van der Waals surface area contributed by atoms with E-state index in [1.54, 1.807) is 12.3 Å². The molecule has 2 aliphatic rings. The maximum absolute atomic E-state index is 12.3. The molecule has 0 aromatic carbocycles. The molecule has 90 valence electrons. The normalized spacial score (nSPS) is 27.2. The average Bonchev–Trinajstić information content (AvgIpc) is 2.90. The molecule has 0 radical (unpaired) electrons. The summed E-state index contributed by atoms with van der Waals surface area (Å²) < 4.78 is 0.899. The molecular formula is C12H14BrN3O. The third-order valence-corrected chi connectivity index (χ3v) is 4.12. The van der Waals surface area contributed by atoms with Crippen LogP contribution in [0.1, 0.15) is 16.9 Å². The van der Waals surface area contributed by atoms with E-state index in [0.29, 0.717) is 17.7 Å². The van der Waals surface area contributed by atoms with Crippen LogP contribution in [0.25, 0.3) is 0 Å². The molecule has 2 fully saturated rings. The molecule has 0 bridgehead atoms. The molecule has 0 spiro atoms. The van der Waals surface area contributed by atoms with E-state index in [9.17, 15) is 4.79 Å². The van der Waals surface area contributed by atoms with E-state index in [-0.39, 0.29) is 5.91 Å². The predicted octanol–water partition coefficient (Wildman–Crippen LogP) is 1.28. The van der Waals surface area contributed by atoms with Gasteiger partial charge in [-0.3, -0.25) is 4.79 Å². The summed E-state index contributed by atoms with van der Waals surface area (Å²) in [6, 6.07) is 4.01. The van der Waals surface area contributed by atoms with Crippen molar-refractivity contribution in [1.82, 2.24) is 15.2 Å². The van der Waals surface area contributed by atoms with Gasteiger partial charge in [0, 0.05) is 36.3 Å². The van der Waals surface area contributed by atoms with Crippen LogP contribution in [0.3, 0.4) is 0 Å². The Morgan fingerprint density at radius 2 is 2.35 bits per heavy atom. The number of carbonyl (C=O) groups excluding carboxylic acids is 1. The highest BCUT2D eigenvalue weighted by Crippen LogP contribution is 2.28. The Labute approximate surface area is 109 Å². The third-order valence-electron chi connectivity index (χ3n) is 3.65. The van der Waals surface area contributed by atoms with Crippen LogP contribution in [-0.2, 0) is 0 Å². The number of halogens is 1. The molecule has 1 aromatic heterocycles. The Bertz CT molecular complexity index is 434. The first kappa shape index (κ1) is 11.2. The zero-order chi connectivity index (χ0) is 11.8. The summed E-state index contributed by atoms with van der Waals surface area (Å²) in [7, 11) is 0. The molecule has 2 aliphatic heterocycles. The van der Waals surface area contributed by atoms with Crippen molar-refractivity contribution in [2.45, 2.75) is 12.5 Å². The fourth-order valence-electron chi connectivity index (χ4n) is 2.75. The maximum Gasteiger partial charge on any atom is 0.272 e. The minimum absolute atomic E-state index is 0.0636. The van der Waals surface area contributed by atoms with Crippen LogP contribution in [0, 0.1) is 5.92 Å². The monoisotopic (exact) mass is 295 g/mol. The van der Waals surface area contributed by atoms with E-state index in [0.717, 1.165) is 30.5 Å². The third kappa shape index (κ3) is 1.98. The number of likely N-dealkylation sites (tertiary alicyclic amines) is 1. The van der Waals surface area contributed by atoms with E-state index in [1.165, 1.54) is 0 Å². The highest BCUT2D eigenvalue weighted by atomic mass is 79.9. The van der Waals surface area contributed by atoms with E-state index < -0.39 is 0 Å². The van der Waals surface area contributed by atoms with Crippen molar-refractivity contribution in [3.05, 3.63) is 28.5 Å². The number of hydrogen-bond donors (Lipinski definition) is 1. The largest absolute Gasteiger partial charge is 0.333 e. The molecule has 2 atom stereocenters. The summed E-state index contributed by atoms with van der Waals surface area (Å²) >= 11 is 3.33. The van der Waals surface area contributed by atoms with Crippen molar-refractivity contribution in [1.29, 1.82) is 0 Å². The second-order valence-electron chi connectivity index (χ2n) is 4.63. The first-order valence-corrected chi connectivity index (χ1v) is 6.68. The molecule has 1 amide bonds. The Hall–Kier alpha value is -0.940. The molecule has 0 saturated carbocycles. The van der Waals surface area contributed by atoms with Crippen LogP contribution in [0.5, 0.6) is 0 Å². The zero-order valence-corrected chi connectivity index (χ0v) is 11.0. The van der Waals surface area contributed by atoms with Gasteiger partial charge >= 0.3 is 0 Å². The molecule has 1 aromatic rings. The zero-order valence-electron chi connectivity index (χ0n) is 9.40. The van der Waals surface area contributed by atoms with Gasteiger partial charge in [0.25, 0.3) is 5.91 Å². The van der Waals surface area contributed by atoms with Crippen molar-refractivity contribution in [2.24, 2.45) is 5.92 Å². The van der Waals surface area contributed by atoms with Gasteiger partial charge in [-0.05, 0) is 40.4 Å². The van der Waals surface area contributed by atoms with Gasteiger partial charge in [-0.25, -0.2) is 4.98 Å². The molecule has 0 unspecified atom stereocenters. The van der Waals surface area contributed by atoms with Crippen LogP contribution < -0.4 is 5.32 Å². The van der Waals surface area contributed by atoms with Crippen molar-refractivity contribution in [3.63, 3.8) is 0 Å². The van der Waals surface area contributed by atoms with E-state index in [2.05, 4.69) is 26.2 Å². The lowest BCUT2D eigenvalue weighted by Crippen LogP contribution is -2.39. The average molecular weight is 296 g/mol. The SMILES string of the molecule is O=C(c1ccc(Br)cn1)N1CC[C@H]2CNC[C@H]21. The van der Waals surface area contributed by atoms with Crippen LogP contribution >= 0.6 is 15.9 Å². The second-order valence-corrected chi connectivity index (χ2v) is 5.55. The van der Waals surface area contributed by atoms with Gasteiger partial charge < -0.3 is 10.2 Å². The van der Waals surface area contributed by atoms with Gasteiger partial charge in [0.1, 0.15) is 5.69 Å². The molecule has 1 N–H and O–H groups in total. The van der Waals surface area contributed by atoms with Crippen molar-refractivity contribution < 1.29 is 4.79 Å². The fraction of sp³-hybridized carbons (Fsp3) is 0.500. The molecule has 3 heterocycles. The van der Waals surface area contributed by atoms with Crippen LogP contribution in [-0.4, -0.2) is 41.5 Å². The first-order chi connectivity index (χ1) is 8.25.